The Bertz CT molecular complexity index is 603. The van der Waals surface area contributed by atoms with Crippen LogP contribution < -0.4 is 5.32 Å². The maximum atomic E-state index is 12.5. The number of hydrogen-bond donors (Lipinski definition) is 1. The van der Waals surface area contributed by atoms with Gasteiger partial charge in [0.05, 0.1) is 12.2 Å². The lowest BCUT2D eigenvalue weighted by Gasteiger charge is -2.33. The summed E-state index contributed by atoms with van der Waals surface area (Å²) in [4.78, 5) is 28.6. The number of benzene rings is 1. The van der Waals surface area contributed by atoms with Crippen molar-refractivity contribution < 1.29 is 14.3 Å². The molecule has 26 heavy (non-hydrogen) atoms. The van der Waals surface area contributed by atoms with Gasteiger partial charge < -0.3 is 19.9 Å². The van der Waals surface area contributed by atoms with Gasteiger partial charge in [0.2, 0.25) is 0 Å². The number of nitrogens with zero attached hydrogens (tertiary/aromatic N) is 2. The van der Waals surface area contributed by atoms with Crippen LogP contribution in [0.25, 0.3) is 0 Å². The minimum atomic E-state index is -0.342. The zero-order valence-electron chi connectivity index (χ0n) is 15.6. The first-order chi connectivity index (χ1) is 12.7. The van der Waals surface area contributed by atoms with E-state index >= 15 is 0 Å². The van der Waals surface area contributed by atoms with Gasteiger partial charge >= 0.3 is 12.0 Å². The third-order valence-corrected chi connectivity index (χ3v) is 5.26. The van der Waals surface area contributed by atoms with Crippen LogP contribution >= 0.6 is 0 Å². The van der Waals surface area contributed by atoms with Crippen molar-refractivity contribution in [3.63, 3.8) is 0 Å². The summed E-state index contributed by atoms with van der Waals surface area (Å²) < 4.78 is 4.96. The quantitative estimate of drug-likeness (QED) is 0.820. The monoisotopic (exact) mass is 359 g/mol. The summed E-state index contributed by atoms with van der Waals surface area (Å²) in [6.07, 6.45) is 4.81. The summed E-state index contributed by atoms with van der Waals surface area (Å²) in [5, 5.41) is 2.92. The van der Waals surface area contributed by atoms with E-state index < -0.39 is 0 Å². The van der Waals surface area contributed by atoms with E-state index in [0.717, 1.165) is 25.9 Å². The average Bonchev–Trinajstić information content (AvgIpc) is 3.16. The molecule has 2 aliphatic rings. The smallest absolute Gasteiger partial charge is 0.338 e. The van der Waals surface area contributed by atoms with Crippen LogP contribution in [0.4, 0.5) is 10.5 Å². The summed E-state index contributed by atoms with van der Waals surface area (Å²) in [5.41, 5.74) is 1.19. The highest BCUT2D eigenvalue weighted by atomic mass is 16.5. The SMILES string of the molecule is CCOC(=O)c1ccc(NC(=O)N2CCC(CN3CCCC3)CC2)cc1. The molecule has 0 radical (unpaired) electrons. The molecule has 1 aromatic carbocycles. The number of ether oxygens (including phenoxy) is 1. The van der Waals surface area contributed by atoms with Gasteiger partial charge in [-0.1, -0.05) is 0 Å². The fourth-order valence-electron chi connectivity index (χ4n) is 3.76. The van der Waals surface area contributed by atoms with Crippen molar-refractivity contribution in [2.24, 2.45) is 5.92 Å². The predicted molar refractivity (Wildman–Crippen MR) is 101 cm³/mol. The Morgan fingerprint density at radius 3 is 2.35 bits per heavy atom. The van der Waals surface area contributed by atoms with Crippen LogP contribution in [0.5, 0.6) is 0 Å². The Balaban J connectivity index is 1.44. The molecular formula is C20H29N3O3. The van der Waals surface area contributed by atoms with E-state index in [2.05, 4.69) is 10.2 Å². The molecule has 2 saturated heterocycles. The summed E-state index contributed by atoms with van der Waals surface area (Å²) >= 11 is 0. The molecule has 2 fully saturated rings. The van der Waals surface area contributed by atoms with Crippen molar-refractivity contribution in [1.82, 2.24) is 9.80 Å². The molecule has 0 unspecified atom stereocenters. The molecule has 1 aromatic rings. The fraction of sp³-hybridized carbons (Fsp3) is 0.600. The Labute approximate surface area is 155 Å². The predicted octanol–water partition coefficient (Wildman–Crippen LogP) is 3.20. The van der Waals surface area contributed by atoms with Gasteiger partial charge in [-0.25, -0.2) is 9.59 Å². The summed E-state index contributed by atoms with van der Waals surface area (Å²) in [6.45, 7) is 7.41. The van der Waals surface area contributed by atoms with Gasteiger partial charge in [-0.3, -0.25) is 0 Å². The molecule has 142 valence electrons. The molecule has 2 heterocycles. The molecule has 0 spiro atoms. The van der Waals surface area contributed by atoms with Crippen LogP contribution in [0, 0.1) is 5.92 Å². The van der Waals surface area contributed by atoms with E-state index in [1.54, 1.807) is 31.2 Å². The van der Waals surface area contributed by atoms with E-state index in [0.29, 0.717) is 23.8 Å². The van der Waals surface area contributed by atoms with Crippen molar-refractivity contribution in [3.8, 4) is 0 Å². The largest absolute Gasteiger partial charge is 0.462 e. The number of likely N-dealkylation sites (tertiary alicyclic amines) is 2. The molecule has 1 N–H and O–H groups in total. The van der Waals surface area contributed by atoms with Gasteiger partial charge in [0.1, 0.15) is 0 Å². The molecule has 0 atom stereocenters. The molecule has 6 nitrogen and oxygen atoms in total. The summed E-state index contributed by atoms with van der Waals surface area (Å²) in [6, 6.07) is 6.77. The highest BCUT2D eigenvalue weighted by molar-refractivity contribution is 5.92. The Morgan fingerprint density at radius 2 is 1.73 bits per heavy atom. The number of piperidine rings is 1. The molecule has 0 aromatic heterocycles. The normalized spacial score (nSPS) is 18.7. The fourth-order valence-corrected chi connectivity index (χ4v) is 3.76. The average molecular weight is 359 g/mol. The minimum Gasteiger partial charge on any atom is -0.462 e. The van der Waals surface area contributed by atoms with Crippen molar-refractivity contribution in [1.29, 1.82) is 0 Å². The second-order valence-corrected chi connectivity index (χ2v) is 7.17. The number of carbonyl (C=O) groups excluding carboxylic acids is 2. The lowest BCUT2D eigenvalue weighted by atomic mass is 9.96. The van der Waals surface area contributed by atoms with Crippen LogP contribution in [0.15, 0.2) is 24.3 Å². The van der Waals surface area contributed by atoms with Gasteiger partial charge in [0.15, 0.2) is 0 Å². The van der Waals surface area contributed by atoms with Crippen LogP contribution in [0.2, 0.25) is 0 Å². The van der Waals surface area contributed by atoms with E-state index in [4.69, 9.17) is 4.74 Å². The number of nitrogens with one attached hydrogen (secondary N) is 1. The lowest BCUT2D eigenvalue weighted by Crippen LogP contribution is -2.43. The molecule has 0 aliphatic carbocycles. The highest BCUT2D eigenvalue weighted by Crippen LogP contribution is 2.21. The first-order valence-electron chi connectivity index (χ1n) is 9.71. The van der Waals surface area contributed by atoms with Crippen LogP contribution in [-0.4, -0.2) is 61.1 Å². The van der Waals surface area contributed by atoms with Crippen molar-refractivity contribution >= 4 is 17.7 Å². The van der Waals surface area contributed by atoms with Crippen LogP contribution in [0.1, 0.15) is 43.0 Å². The maximum absolute atomic E-state index is 12.5. The standard InChI is InChI=1S/C20H29N3O3/c1-2-26-19(24)17-5-7-18(8-6-17)21-20(25)23-13-9-16(10-14-23)15-22-11-3-4-12-22/h5-8,16H,2-4,9-15H2,1H3,(H,21,25). The molecule has 0 bridgehead atoms. The van der Waals surface area contributed by atoms with Gasteiger partial charge in [-0.15, -0.1) is 0 Å². The number of urea groups is 1. The van der Waals surface area contributed by atoms with E-state index in [-0.39, 0.29) is 12.0 Å². The molecule has 6 heteroatoms. The Morgan fingerprint density at radius 1 is 1.08 bits per heavy atom. The Hall–Kier alpha value is -2.08. The van der Waals surface area contributed by atoms with E-state index in [9.17, 15) is 9.59 Å². The summed E-state index contributed by atoms with van der Waals surface area (Å²) in [5.74, 6) is 0.367. The molecule has 3 rings (SSSR count). The molecule has 2 aliphatic heterocycles. The number of esters is 1. The highest BCUT2D eigenvalue weighted by Gasteiger charge is 2.25. The number of rotatable bonds is 5. The number of amides is 2. The van der Waals surface area contributed by atoms with Crippen LogP contribution in [0.3, 0.4) is 0 Å². The van der Waals surface area contributed by atoms with Crippen molar-refractivity contribution in [3.05, 3.63) is 29.8 Å². The topological polar surface area (TPSA) is 61.9 Å². The van der Waals surface area contributed by atoms with Crippen molar-refractivity contribution in [2.75, 3.05) is 44.6 Å². The van der Waals surface area contributed by atoms with Gasteiger partial charge in [-0.05, 0) is 75.9 Å². The molecular weight excluding hydrogens is 330 g/mol. The van der Waals surface area contributed by atoms with Crippen LogP contribution in [-0.2, 0) is 4.74 Å². The second-order valence-electron chi connectivity index (χ2n) is 7.17. The van der Waals surface area contributed by atoms with Crippen molar-refractivity contribution in [2.45, 2.75) is 32.6 Å². The molecule has 0 saturated carbocycles. The van der Waals surface area contributed by atoms with Gasteiger partial charge in [-0.2, -0.15) is 0 Å². The Kier molecular flexibility index (Phi) is 6.50. The van der Waals surface area contributed by atoms with Gasteiger partial charge in [0.25, 0.3) is 0 Å². The van der Waals surface area contributed by atoms with E-state index in [1.165, 1.54) is 32.5 Å². The zero-order valence-corrected chi connectivity index (χ0v) is 15.6. The lowest BCUT2D eigenvalue weighted by molar-refractivity contribution is 0.0526. The first kappa shape index (κ1) is 18.7. The maximum Gasteiger partial charge on any atom is 0.338 e. The number of anilines is 1. The first-order valence-corrected chi connectivity index (χ1v) is 9.71. The van der Waals surface area contributed by atoms with Gasteiger partial charge in [0, 0.05) is 25.3 Å². The zero-order chi connectivity index (χ0) is 18.4. The number of hydrogen-bond acceptors (Lipinski definition) is 4. The third-order valence-electron chi connectivity index (χ3n) is 5.26. The summed E-state index contributed by atoms with van der Waals surface area (Å²) in [7, 11) is 0. The molecule has 2 amide bonds. The van der Waals surface area contributed by atoms with E-state index in [1.807, 2.05) is 4.90 Å². The second kappa shape index (κ2) is 9.03. The number of carbonyl (C=O) groups is 2. The minimum absolute atomic E-state index is 0.0616. The third kappa shape index (κ3) is 4.97.